The summed E-state index contributed by atoms with van der Waals surface area (Å²) in [6.45, 7) is 0. The first-order valence-electron chi connectivity index (χ1n) is 9.24. The molecule has 0 aromatic heterocycles. The Balaban J connectivity index is 1.60. The molecule has 3 amide bonds. The third-order valence-corrected chi connectivity index (χ3v) is 5.15. The van der Waals surface area contributed by atoms with Crippen LogP contribution in [0.15, 0.2) is 66.7 Å². The molecule has 0 spiro atoms. The Bertz CT molecular complexity index is 1240. The molecule has 0 radical (unpaired) electrons. The third-order valence-electron chi connectivity index (χ3n) is 4.82. The van der Waals surface area contributed by atoms with Gasteiger partial charge in [0, 0.05) is 0 Å². The second-order valence-corrected chi connectivity index (χ2v) is 7.29. The average molecular weight is 435 g/mol. The number of hydrogen-bond acceptors (Lipinski definition) is 4. The minimum Gasteiger partial charge on any atom is -0.478 e. The fourth-order valence-corrected chi connectivity index (χ4v) is 3.50. The number of amides is 3. The molecule has 1 aliphatic rings. The third kappa shape index (κ3) is 3.91. The van der Waals surface area contributed by atoms with Gasteiger partial charge in [-0.25, -0.2) is 9.69 Å². The van der Waals surface area contributed by atoms with Crippen LogP contribution in [0.25, 0.3) is 0 Å². The van der Waals surface area contributed by atoms with Crippen LogP contribution < -0.4 is 10.2 Å². The number of carbonyl (C=O) groups is 4. The molecule has 31 heavy (non-hydrogen) atoms. The van der Waals surface area contributed by atoms with E-state index in [1.165, 1.54) is 36.4 Å². The summed E-state index contributed by atoms with van der Waals surface area (Å²) in [5.74, 6) is -2.73. The predicted molar refractivity (Wildman–Crippen MR) is 115 cm³/mol. The monoisotopic (exact) mass is 434 g/mol. The highest BCUT2D eigenvalue weighted by atomic mass is 35.5. The minimum atomic E-state index is -1.20. The van der Waals surface area contributed by atoms with E-state index in [2.05, 4.69) is 5.32 Å². The number of carboxylic acid groups (broad SMARTS) is 1. The van der Waals surface area contributed by atoms with E-state index in [-0.39, 0.29) is 45.4 Å². The molecule has 3 aromatic carbocycles. The van der Waals surface area contributed by atoms with Gasteiger partial charge in [-0.15, -0.1) is 0 Å². The molecule has 0 saturated heterocycles. The van der Waals surface area contributed by atoms with Crippen LogP contribution in [0.5, 0.6) is 0 Å². The Morgan fingerprint density at radius 1 is 0.903 bits per heavy atom. The molecule has 3 aromatic rings. The summed E-state index contributed by atoms with van der Waals surface area (Å²) in [7, 11) is 0. The van der Waals surface area contributed by atoms with E-state index in [4.69, 9.17) is 16.7 Å². The van der Waals surface area contributed by atoms with Gasteiger partial charge in [0.1, 0.15) is 0 Å². The summed E-state index contributed by atoms with van der Waals surface area (Å²) in [5.41, 5.74) is 1.31. The van der Waals surface area contributed by atoms with Gasteiger partial charge in [-0.05, 0) is 42.0 Å². The van der Waals surface area contributed by atoms with Crippen LogP contribution in [0, 0.1) is 0 Å². The molecule has 1 heterocycles. The highest BCUT2D eigenvalue weighted by Gasteiger charge is 2.37. The molecule has 1 aliphatic heterocycles. The van der Waals surface area contributed by atoms with Gasteiger partial charge in [0.2, 0.25) is 5.91 Å². The van der Waals surface area contributed by atoms with Crippen molar-refractivity contribution >= 4 is 46.7 Å². The molecular formula is C23H15ClN2O5. The smallest absolute Gasteiger partial charge is 0.335 e. The lowest BCUT2D eigenvalue weighted by molar-refractivity contribution is -0.115. The maximum absolute atomic E-state index is 12.8. The van der Waals surface area contributed by atoms with Crippen molar-refractivity contribution < 1.29 is 24.3 Å². The predicted octanol–water partition coefficient (Wildman–Crippen LogP) is 4.02. The van der Waals surface area contributed by atoms with Gasteiger partial charge in [-0.2, -0.15) is 0 Å². The van der Waals surface area contributed by atoms with E-state index in [1.807, 2.05) is 30.3 Å². The van der Waals surface area contributed by atoms with Crippen molar-refractivity contribution in [2.75, 3.05) is 10.2 Å². The van der Waals surface area contributed by atoms with Crippen molar-refractivity contribution in [2.24, 2.45) is 0 Å². The molecule has 0 bridgehead atoms. The number of halogens is 1. The number of aromatic carboxylic acids is 1. The number of anilines is 2. The Kier molecular flexibility index (Phi) is 5.27. The number of hydrogen-bond donors (Lipinski definition) is 2. The number of carboxylic acids is 1. The van der Waals surface area contributed by atoms with E-state index < -0.39 is 17.8 Å². The second-order valence-electron chi connectivity index (χ2n) is 6.89. The largest absolute Gasteiger partial charge is 0.478 e. The number of nitrogens with one attached hydrogen (secondary N) is 1. The number of nitrogens with zero attached hydrogens (tertiary/aromatic N) is 1. The van der Waals surface area contributed by atoms with Crippen molar-refractivity contribution in [3.05, 3.63) is 94.0 Å². The Morgan fingerprint density at radius 3 is 2.32 bits per heavy atom. The van der Waals surface area contributed by atoms with Crippen LogP contribution in [0.1, 0.15) is 36.6 Å². The van der Waals surface area contributed by atoms with Gasteiger partial charge in [-0.3, -0.25) is 14.4 Å². The lowest BCUT2D eigenvalue weighted by Gasteiger charge is -2.16. The Hall–Kier alpha value is -3.97. The van der Waals surface area contributed by atoms with Crippen LogP contribution in [-0.4, -0.2) is 28.8 Å². The molecule has 8 heteroatoms. The Labute approximate surface area is 181 Å². The van der Waals surface area contributed by atoms with E-state index >= 15 is 0 Å². The molecule has 0 aliphatic carbocycles. The first-order chi connectivity index (χ1) is 14.8. The van der Waals surface area contributed by atoms with E-state index in [1.54, 1.807) is 0 Å². The number of imide groups is 1. The lowest BCUT2D eigenvalue weighted by Crippen LogP contribution is -2.29. The molecule has 0 unspecified atom stereocenters. The van der Waals surface area contributed by atoms with Gasteiger partial charge in [0.05, 0.1) is 39.5 Å². The van der Waals surface area contributed by atoms with Crippen molar-refractivity contribution in [3.63, 3.8) is 0 Å². The van der Waals surface area contributed by atoms with Crippen LogP contribution in [0.4, 0.5) is 11.4 Å². The van der Waals surface area contributed by atoms with Gasteiger partial charge in [0.15, 0.2) is 0 Å². The zero-order valence-electron chi connectivity index (χ0n) is 16.0. The van der Waals surface area contributed by atoms with Crippen molar-refractivity contribution in [3.8, 4) is 0 Å². The molecule has 4 rings (SSSR count). The van der Waals surface area contributed by atoms with E-state index in [0.717, 1.165) is 10.5 Å². The van der Waals surface area contributed by atoms with Gasteiger partial charge in [-0.1, -0.05) is 41.9 Å². The van der Waals surface area contributed by atoms with E-state index in [0.29, 0.717) is 0 Å². The van der Waals surface area contributed by atoms with Crippen LogP contribution in [0.2, 0.25) is 5.02 Å². The first kappa shape index (κ1) is 20.3. The first-order valence-corrected chi connectivity index (χ1v) is 9.62. The molecule has 0 fully saturated rings. The van der Waals surface area contributed by atoms with Crippen LogP contribution in [0.3, 0.4) is 0 Å². The SMILES string of the molecule is O=C(Cc1ccccc1)Nc1cc(N2C(=O)c3ccc(C(=O)O)cc3C2=O)ccc1Cl. The maximum atomic E-state index is 12.8. The molecule has 154 valence electrons. The number of rotatable bonds is 5. The van der Waals surface area contributed by atoms with Gasteiger partial charge >= 0.3 is 5.97 Å². The van der Waals surface area contributed by atoms with E-state index in [9.17, 15) is 19.2 Å². The fraction of sp³-hybridized carbons (Fsp3) is 0.0435. The van der Waals surface area contributed by atoms with Gasteiger partial charge in [0.25, 0.3) is 11.8 Å². The zero-order valence-corrected chi connectivity index (χ0v) is 16.7. The lowest BCUT2D eigenvalue weighted by atomic mass is 10.1. The van der Waals surface area contributed by atoms with Gasteiger partial charge < -0.3 is 10.4 Å². The summed E-state index contributed by atoms with van der Waals surface area (Å²) in [5, 5.41) is 12.1. The Morgan fingerprint density at radius 2 is 1.61 bits per heavy atom. The topological polar surface area (TPSA) is 104 Å². The summed E-state index contributed by atoms with van der Waals surface area (Å²) < 4.78 is 0. The summed E-state index contributed by atoms with van der Waals surface area (Å²) in [6, 6.07) is 17.3. The molecule has 2 N–H and O–H groups in total. The average Bonchev–Trinajstić information content (AvgIpc) is 3.00. The zero-order chi connectivity index (χ0) is 22.1. The highest BCUT2D eigenvalue weighted by molar-refractivity contribution is 6.36. The minimum absolute atomic E-state index is 0.00881. The summed E-state index contributed by atoms with van der Waals surface area (Å²) in [6.07, 6.45) is 0.131. The van der Waals surface area contributed by atoms with Crippen molar-refractivity contribution in [2.45, 2.75) is 6.42 Å². The molecule has 7 nitrogen and oxygen atoms in total. The number of fused-ring (bicyclic) bond motifs is 1. The maximum Gasteiger partial charge on any atom is 0.335 e. The summed E-state index contributed by atoms with van der Waals surface area (Å²) >= 11 is 6.20. The van der Waals surface area contributed by atoms with Crippen LogP contribution in [-0.2, 0) is 11.2 Å². The number of benzene rings is 3. The normalized spacial score (nSPS) is 12.6. The molecular weight excluding hydrogens is 420 g/mol. The standard InChI is InChI=1S/C23H15ClN2O5/c24-18-9-7-15(12-19(18)25-20(27)10-13-4-2-1-3-5-13)26-21(28)16-8-6-14(23(30)31)11-17(16)22(26)29/h1-9,11-12H,10H2,(H,25,27)(H,30,31). The quantitative estimate of drug-likeness (QED) is 0.590. The fourth-order valence-electron chi connectivity index (χ4n) is 3.33. The molecule has 0 saturated carbocycles. The van der Waals surface area contributed by atoms with Crippen LogP contribution >= 0.6 is 11.6 Å². The second kappa shape index (κ2) is 8.04. The number of carbonyl (C=O) groups excluding carboxylic acids is 3. The van der Waals surface area contributed by atoms with Crippen molar-refractivity contribution in [1.82, 2.24) is 0 Å². The molecule has 0 atom stereocenters. The van der Waals surface area contributed by atoms with Crippen molar-refractivity contribution in [1.29, 1.82) is 0 Å². The highest BCUT2D eigenvalue weighted by Crippen LogP contribution is 2.33. The summed E-state index contributed by atoms with van der Waals surface area (Å²) in [4.78, 5) is 50.1.